The van der Waals surface area contributed by atoms with E-state index in [0.717, 1.165) is 43.4 Å². The minimum Gasteiger partial charge on any atom is -0.494 e. The van der Waals surface area contributed by atoms with Gasteiger partial charge in [-0.1, -0.05) is 39.5 Å². The first-order chi connectivity index (χ1) is 19.2. The molecule has 1 aliphatic heterocycles. The second-order valence-electron chi connectivity index (χ2n) is 11.9. The van der Waals surface area contributed by atoms with Crippen LogP contribution in [0.15, 0.2) is 23.2 Å². The van der Waals surface area contributed by atoms with Gasteiger partial charge >= 0.3 is 5.97 Å². The van der Waals surface area contributed by atoms with Gasteiger partial charge in [-0.2, -0.15) is 0 Å². The van der Waals surface area contributed by atoms with Crippen LogP contribution in [-0.4, -0.2) is 65.9 Å². The first-order valence-corrected chi connectivity index (χ1v) is 15.0. The van der Waals surface area contributed by atoms with Gasteiger partial charge in [0.1, 0.15) is 18.4 Å². The van der Waals surface area contributed by atoms with E-state index >= 15 is 0 Å². The Balaban J connectivity index is 1.33. The molecule has 0 radical (unpaired) electrons. The monoisotopic (exact) mass is 554 g/mol. The highest BCUT2D eigenvalue weighted by molar-refractivity contribution is 5.99. The number of nitrogens with zero attached hydrogens (tertiary/aromatic N) is 3. The third-order valence-electron chi connectivity index (χ3n) is 8.57. The number of nitrogens with one attached hydrogen (secondary N) is 1. The fourth-order valence-electron chi connectivity index (χ4n) is 6.24. The molecule has 1 N–H and O–H groups in total. The summed E-state index contributed by atoms with van der Waals surface area (Å²) in [4.78, 5) is 45.7. The normalized spacial score (nSPS) is 23.1. The van der Waals surface area contributed by atoms with Crippen LogP contribution in [0.3, 0.4) is 0 Å². The molecule has 1 heterocycles. The molecular formula is C31H46N4O5. The van der Waals surface area contributed by atoms with E-state index in [1.165, 1.54) is 26.2 Å². The zero-order valence-corrected chi connectivity index (χ0v) is 24.6. The largest absolute Gasteiger partial charge is 0.494 e. The van der Waals surface area contributed by atoms with Crippen LogP contribution in [0, 0.1) is 11.8 Å². The number of carbonyl (C=O) groups is 3. The Morgan fingerprint density at radius 1 is 1.05 bits per heavy atom. The Morgan fingerprint density at radius 3 is 2.48 bits per heavy atom. The van der Waals surface area contributed by atoms with Crippen LogP contribution in [0.25, 0.3) is 0 Å². The number of amides is 2. The van der Waals surface area contributed by atoms with Crippen molar-refractivity contribution >= 4 is 29.4 Å². The van der Waals surface area contributed by atoms with E-state index in [2.05, 4.69) is 24.2 Å². The number of benzene rings is 1. The summed E-state index contributed by atoms with van der Waals surface area (Å²) in [6.45, 7) is 6.53. The molecule has 0 saturated heterocycles. The van der Waals surface area contributed by atoms with Crippen molar-refractivity contribution < 1.29 is 23.9 Å². The molecule has 0 spiro atoms. The van der Waals surface area contributed by atoms with Gasteiger partial charge in [0.15, 0.2) is 0 Å². The molecule has 2 aliphatic carbocycles. The highest BCUT2D eigenvalue weighted by atomic mass is 16.5. The molecule has 0 bridgehead atoms. The highest BCUT2D eigenvalue weighted by Gasteiger charge is 2.32. The maximum absolute atomic E-state index is 13.0. The fourth-order valence-corrected chi connectivity index (χ4v) is 6.24. The Morgan fingerprint density at radius 2 is 1.77 bits per heavy atom. The standard InChI is InChI=1S/C31H46N4O5/c1-21-10-8-11-22(2)30(21)40-29(38)20-35-19-24-18-26(15-16-27(24)33-31(35)32-23(3)36)39-17-9-14-28(37)34(4)25-12-6-5-7-13-25/h15-16,18,21-22,25,30H,5-14,17,19-20H2,1-4H3,(H,32,33,36). The minimum atomic E-state index is -0.317. The molecule has 1 aromatic carbocycles. The Bertz CT molecular complexity index is 1070. The lowest BCUT2D eigenvalue weighted by molar-refractivity contribution is -0.157. The zero-order chi connectivity index (χ0) is 28.6. The molecular weight excluding hydrogens is 508 g/mol. The molecule has 3 aliphatic rings. The summed E-state index contributed by atoms with van der Waals surface area (Å²) in [5, 5.41) is 2.76. The van der Waals surface area contributed by atoms with Crippen LogP contribution < -0.4 is 10.1 Å². The van der Waals surface area contributed by atoms with Crippen LogP contribution >= 0.6 is 0 Å². The summed E-state index contributed by atoms with van der Waals surface area (Å²) in [5.41, 5.74) is 1.62. The average molecular weight is 555 g/mol. The van der Waals surface area contributed by atoms with Gasteiger partial charge in [-0.25, -0.2) is 4.99 Å². The summed E-state index contributed by atoms with van der Waals surface area (Å²) in [7, 11) is 1.93. The van der Waals surface area contributed by atoms with E-state index in [0.29, 0.717) is 55.6 Å². The number of fused-ring (bicyclic) bond motifs is 1. The molecule has 2 unspecified atom stereocenters. The minimum absolute atomic E-state index is 0.00377. The van der Waals surface area contributed by atoms with Crippen LogP contribution in [0.5, 0.6) is 5.75 Å². The lowest BCUT2D eigenvalue weighted by Gasteiger charge is -2.35. The molecule has 0 aromatic heterocycles. The lowest BCUT2D eigenvalue weighted by atomic mass is 9.80. The molecule has 2 saturated carbocycles. The van der Waals surface area contributed by atoms with Crippen molar-refractivity contribution in [2.45, 2.75) is 104 Å². The maximum atomic E-state index is 13.0. The van der Waals surface area contributed by atoms with Crippen LogP contribution in [-0.2, 0) is 25.7 Å². The zero-order valence-electron chi connectivity index (χ0n) is 24.6. The molecule has 2 fully saturated rings. The molecule has 9 nitrogen and oxygen atoms in total. The van der Waals surface area contributed by atoms with Crippen molar-refractivity contribution in [2.75, 3.05) is 20.2 Å². The lowest BCUT2D eigenvalue weighted by Crippen LogP contribution is -2.47. The third-order valence-corrected chi connectivity index (χ3v) is 8.57. The maximum Gasteiger partial charge on any atom is 0.325 e. The average Bonchev–Trinajstić information content (AvgIpc) is 2.93. The Kier molecular flexibility index (Phi) is 10.5. The van der Waals surface area contributed by atoms with Crippen molar-refractivity contribution in [3.8, 4) is 5.75 Å². The van der Waals surface area contributed by atoms with Crippen molar-refractivity contribution in [2.24, 2.45) is 16.8 Å². The quantitative estimate of drug-likeness (QED) is 0.343. The van der Waals surface area contributed by atoms with E-state index in [1.807, 2.05) is 30.1 Å². The van der Waals surface area contributed by atoms with E-state index in [-0.39, 0.29) is 30.4 Å². The van der Waals surface area contributed by atoms with Gasteiger partial charge in [-0.05, 0) is 62.1 Å². The smallest absolute Gasteiger partial charge is 0.325 e. The predicted octanol–water partition coefficient (Wildman–Crippen LogP) is 4.94. The topological polar surface area (TPSA) is 101 Å². The van der Waals surface area contributed by atoms with Gasteiger partial charge in [-0.15, -0.1) is 0 Å². The summed E-state index contributed by atoms with van der Waals surface area (Å²) in [6, 6.07) is 6.00. The molecule has 9 heteroatoms. The molecule has 40 heavy (non-hydrogen) atoms. The molecule has 2 amide bonds. The van der Waals surface area contributed by atoms with Gasteiger partial charge in [-0.3, -0.25) is 19.7 Å². The van der Waals surface area contributed by atoms with E-state index in [4.69, 9.17) is 9.47 Å². The number of guanidine groups is 1. The van der Waals surface area contributed by atoms with Crippen molar-refractivity contribution in [3.63, 3.8) is 0 Å². The number of carbonyl (C=O) groups excluding carboxylic acids is 3. The van der Waals surface area contributed by atoms with Crippen LogP contribution in [0.2, 0.25) is 0 Å². The number of hydrogen-bond acceptors (Lipinski definition) is 7. The fraction of sp³-hybridized carbons (Fsp3) is 0.677. The Hall–Kier alpha value is -3.10. The number of rotatable bonds is 9. The number of aliphatic imine (C=N–C) groups is 1. The van der Waals surface area contributed by atoms with E-state index in [9.17, 15) is 14.4 Å². The summed E-state index contributed by atoms with van der Waals surface area (Å²) in [6.07, 6.45) is 10.2. The third kappa shape index (κ3) is 7.98. The van der Waals surface area contributed by atoms with Gasteiger partial charge in [0, 0.05) is 38.5 Å². The second kappa shape index (κ2) is 14.0. The van der Waals surface area contributed by atoms with Crippen LogP contribution in [0.1, 0.15) is 90.5 Å². The van der Waals surface area contributed by atoms with Crippen molar-refractivity contribution in [1.29, 1.82) is 0 Å². The molecule has 4 rings (SSSR count). The van der Waals surface area contributed by atoms with Gasteiger partial charge in [0.25, 0.3) is 0 Å². The first-order valence-electron chi connectivity index (χ1n) is 15.0. The summed E-state index contributed by atoms with van der Waals surface area (Å²) in [5.74, 6) is 1.32. The number of esters is 1. The van der Waals surface area contributed by atoms with Gasteiger partial charge in [0.05, 0.1) is 12.3 Å². The summed E-state index contributed by atoms with van der Waals surface area (Å²) < 4.78 is 11.9. The number of hydrogen-bond donors (Lipinski definition) is 1. The number of ether oxygens (including phenoxy) is 2. The molecule has 1 aromatic rings. The van der Waals surface area contributed by atoms with E-state index < -0.39 is 0 Å². The van der Waals surface area contributed by atoms with Crippen molar-refractivity contribution in [1.82, 2.24) is 15.1 Å². The SMILES string of the molecule is CC(=O)NC1=Nc2ccc(OCCCC(=O)N(C)C3CCCCC3)cc2CN1CC(=O)OC1C(C)CCCC1C. The highest BCUT2D eigenvalue weighted by Crippen LogP contribution is 2.32. The molecule has 220 valence electrons. The van der Waals surface area contributed by atoms with Crippen LogP contribution in [0.4, 0.5) is 5.69 Å². The summed E-state index contributed by atoms with van der Waals surface area (Å²) >= 11 is 0. The molecule has 2 atom stereocenters. The Labute approximate surface area is 238 Å². The second-order valence-corrected chi connectivity index (χ2v) is 11.9. The van der Waals surface area contributed by atoms with E-state index in [1.54, 1.807) is 4.90 Å². The first kappa shape index (κ1) is 29.9. The predicted molar refractivity (Wildman–Crippen MR) is 154 cm³/mol. The van der Waals surface area contributed by atoms with Crippen molar-refractivity contribution in [3.05, 3.63) is 23.8 Å². The van der Waals surface area contributed by atoms with Gasteiger partial charge in [0.2, 0.25) is 17.8 Å². The van der Waals surface area contributed by atoms with Gasteiger partial charge < -0.3 is 19.3 Å².